The number of nitrogens with two attached hydrogens (primary N) is 1. The standard InChI is InChI=1S/C14H24N2O/c1-4-5-6-11(2)16-10-12-9-13(17-3)7-8-14(12)15/h7-9,11,16H,4-6,10,15H2,1-3H3. The highest BCUT2D eigenvalue weighted by atomic mass is 16.5. The van der Waals surface area contributed by atoms with E-state index in [0.29, 0.717) is 6.04 Å². The first-order chi connectivity index (χ1) is 8.17. The van der Waals surface area contributed by atoms with Gasteiger partial charge in [-0.3, -0.25) is 0 Å². The monoisotopic (exact) mass is 236 g/mol. The molecular formula is C14H24N2O. The second-order valence-corrected chi connectivity index (χ2v) is 4.49. The van der Waals surface area contributed by atoms with E-state index in [1.165, 1.54) is 19.3 Å². The first-order valence-corrected chi connectivity index (χ1v) is 6.33. The number of rotatable bonds is 7. The third-order valence-corrected chi connectivity index (χ3v) is 2.98. The number of anilines is 1. The van der Waals surface area contributed by atoms with Crippen molar-refractivity contribution in [3.8, 4) is 5.75 Å². The van der Waals surface area contributed by atoms with E-state index in [1.807, 2.05) is 18.2 Å². The summed E-state index contributed by atoms with van der Waals surface area (Å²) in [5.41, 5.74) is 7.86. The van der Waals surface area contributed by atoms with Gasteiger partial charge in [0.15, 0.2) is 0 Å². The number of nitrogen functional groups attached to an aromatic ring is 1. The van der Waals surface area contributed by atoms with Gasteiger partial charge in [0.25, 0.3) is 0 Å². The lowest BCUT2D eigenvalue weighted by atomic mass is 10.1. The molecule has 3 nitrogen and oxygen atoms in total. The summed E-state index contributed by atoms with van der Waals surface area (Å²) in [7, 11) is 1.67. The Labute approximate surface area is 104 Å². The average Bonchev–Trinajstić information content (AvgIpc) is 2.35. The summed E-state index contributed by atoms with van der Waals surface area (Å²) >= 11 is 0. The Morgan fingerprint density at radius 1 is 1.41 bits per heavy atom. The van der Waals surface area contributed by atoms with Crippen LogP contribution in [0, 0.1) is 0 Å². The molecule has 0 aliphatic rings. The Kier molecular flexibility index (Phi) is 5.84. The highest BCUT2D eigenvalue weighted by Crippen LogP contribution is 2.19. The number of hydrogen-bond donors (Lipinski definition) is 2. The number of nitrogens with one attached hydrogen (secondary N) is 1. The summed E-state index contributed by atoms with van der Waals surface area (Å²) in [6, 6.07) is 6.31. The van der Waals surface area contributed by atoms with Crippen molar-refractivity contribution in [1.82, 2.24) is 5.32 Å². The van der Waals surface area contributed by atoms with E-state index < -0.39 is 0 Å². The summed E-state index contributed by atoms with van der Waals surface area (Å²) in [5, 5.41) is 3.49. The molecule has 0 fully saturated rings. The lowest BCUT2D eigenvalue weighted by Gasteiger charge is -2.15. The van der Waals surface area contributed by atoms with Crippen LogP contribution in [0.15, 0.2) is 18.2 Å². The fraction of sp³-hybridized carbons (Fsp3) is 0.571. The summed E-state index contributed by atoms with van der Waals surface area (Å²) in [6.45, 7) is 5.23. The van der Waals surface area contributed by atoms with Gasteiger partial charge in [-0.05, 0) is 37.1 Å². The number of hydrogen-bond acceptors (Lipinski definition) is 3. The molecule has 1 aromatic carbocycles. The van der Waals surface area contributed by atoms with Crippen molar-refractivity contribution in [1.29, 1.82) is 0 Å². The molecule has 0 bridgehead atoms. The Morgan fingerprint density at radius 2 is 2.18 bits per heavy atom. The van der Waals surface area contributed by atoms with Crippen molar-refractivity contribution < 1.29 is 4.74 Å². The van der Waals surface area contributed by atoms with E-state index in [4.69, 9.17) is 10.5 Å². The normalized spacial score (nSPS) is 12.4. The zero-order chi connectivity index (χ0) is 12.7. The Hall–Kier alpha value is -1.22. The van der Waals surface area contributed by atoms with Crippen LogP contribution in [0.3, 0.4) is 0 Å². The van der Waals surface area contributed by atoms with Crippen molar-refractivity contribution in [2.75, 3.05) is 12.8 Å². The average molecular weight is 236 g/mol. The van der Waals surface area contributed by atoms with Gasteiger partial charge in [0.1, 0.15) is 5.75 Å². The maximum absolute atomic E-state index is 5.93. The fourth-order valence-electron chi connectivity index (χ4n) is 1.76. The zero-order valence-corrected chi connectivity index (χ0v) is 11.1. The molecule has 0 aromatic heterocycles. The molecule has 1 aromatic rings. The summed E-state index contributed by atoms with van der Waals surface area (Å²) < 4.78 is 5.20. The van der Waals surface area contributed by atoms with Gasteiger partial charge in [-0.15, -0.1) is 0 Å². The lowest BCUT2D eigenvalue weighted by molar-refractivity contribution is 0.413. The summed E-state index contributed by atoms with van der Waals surface area (Å²) in [4.78, 5) is 0. The Balaban J connectivity index is 2.50. The molecule has 17 heavy (non-hydrogen) atoms. The van der Waals surface area contributed by atoms with Gasteiger partial charge < -0.3 is 15.8 Å². The topological polar surface area (TPSA) is 47.3 Å². The first kappa shape index (κ1) is 13.8. The second-order valence-electron chi connectivity index (χ2n) is 4.49. The quantitative estimate of drug-likeness (QED) is 0.716. The van der Waals surface area contributed by atoms with Crippen LogP contribution >= 0.6 is 0 Å². The van der Waals surface area contributed by atoms with Gasteiger partial charge in [0.2, 0.25) is 0 Å². The van der Waals surface area contributed by atoms with Crippen LogP contribution in [0.4, 0.5) is 5.69 Å². The molecule has 0 aliphatic carbocycles. The zero-order valence-electron chi connectivity index (χ0n) is 11.1. The maximum Gasteiger partial charge on any atom is 0.119 e. The maximum atomic E-state index is 5.93. The van der Waals surface area contributed by atoms with E-state index >= 15 is 0 Å². The molecule has 0 amide bonds. The van der Waals surface area contributed by atoms with E-state index in [0.717, 1.165) is 23.5 Å². The van der Waals surface area contributed by atoms with E-state index in [2.05, 4.69) is 19.2 Å². The predicted octanol–water partition coefficient (Wildman–Crippen LogP) is 2.95. The first-order valence-electron chi connectivity index (χ1n) is 6.33. The smallest absolute Gasteiger partial charge is 0.119 e. The van der Waals surface area contributed by atoms with Crippen LogP contribution in [0.2, 0.25) is 0 Å². The summed E-state index contributed by atoms with van der Waals surface area (Å²) in [6.07, 6.45) is 3.72. The summed E-state index contributed by atoms with van der Waals surface area (Å²) in [5.74, 6) is 0.859. The Bertz CT molecular complexity index is 339. The molecule has 3 heteroatoms. The van der Waals surface area contributed by atoms with Gasteiger partial charge in [-0.2, -0.15) is 0 Å². The van der Waals surface area contributed by atoms with Crippen molar-refractivity contribution >= 4 is 5.69 Å². The SMILES string of the molecule is CCCCC(C)NCc1cc(OC)ccc1N. The molecule has 0 saturated carbocycles. The largest absolute Gasteiger partial charge is 0.497 e. The highest BCUT2D eigenvalue weighted by molar-refractivity contribution is 5.50. The minimum Gasteiger partial charge on any atom is -0.497 e. The van der Waals surface area contributed by atoms with Crippen LogP contribution in [0.1, 0.15) is 38.7 Å². The van der Waals surface area contributed by atoms with Crippen molar-refractivity contribution in [3.63, 3.8) is 0 Å². The van der Waals surface area contributed by atoms with Crippen LogP contribution in [0.5, 0.6) is 5.75 Å². The second kappa shape index (κ2) is 7.17. The van der Waals surface area contributed by atoms with Gasteiger partial charge in [-0.1, -0.05) is 19.8 Å². The third kappa shape index (κ3) is 4.65. The van der Waals surface area contributed by atoms with Crippen LogP contribution in [0.25, 0.3) is 0 Å². The minimum absolute atomic E-state index is 0.528. The molecule has 0 saturated heterocycles. The minimum atomic E-state index is 0.528. The van der Waals surface area contributed by atoms with Crippen molar-refractivity contribution in [2.24, 2.45) is 0 Å². The number of methoxy groups -OCH3 is 1. The highest BCUT2D eigenvalue weighted by Gasteiger charge is 2.04. The van der Waals surface area contributed by atoms with Gasteiger partial charge in [0, 0.05) is 18.3 Å². The van der Waals surface area contributed by atoms with Gasteiger partial charge in [0.05, 0.1) is 7.11 Å². The molecular weight excluding hydrogens is 212 g/mol. The molecule has 0 radical (unpaired) electrons. The number of ether oxygens (including phenoxy) is 1. The van der Waals surface area contributed by atoms with E-state index in [9.17, 15) is 0 Å². The van der Waals surface area contributed by atoms with E-state index in [1.54, 1.807) is 7.11 Å². The molecule has 1 unspecified atom stereocenters. The van der Waals surface area contributed by atoms with Crippen LogP contribution < -0.4 is 15.8 Å². The van der Waals surface area contributed by atoms with Crippen LogP contribution in [-0.2, 0) is 6.54 Å². The van der Waals surface area contributed by atoms with Crippen molar-refractivity contribution in [2.45, 2.75) is 45.7 Å². The van der Waals surface area contributed by atoms with Gasteiger partial charge in [-0.25, -0.2) is 0 Å². The molecule has 0 spiro atoms. The third-order valence-electron chi connectivity index (χ3n) is 2.98. The van der Waals surface area contributed by atoms with Gasteiger partial charge >= 0.3 is 0 Å². The molecule has 0 heterocycles. The fourth-order valence-corrected chi connectivity index (χ4v) is 1.76. The lowest BCUT2D eigenvalue weighted by Crippen LogP contribution is -2.25. The van der Waals surface area contributed by atoms with E-state index in [-0.39, 0.29) is 0 Å². The number of unbranched alkanes of at least 4 members (excludes halogenated alkanes) is 1. The molecule has 96 valence electrons. The van der Waals surface area contributed by atoms with Crippen LogP contribution in [-0.4, -0.2) is 13.2 Å². The Morgan fingerprint density at radius 3 is 2.82 bits per heavy atom. The predicted molar refractivity (Wildman–Crippen MR) is 73.2 cm³/mol. The molecule has 1 rings (SSSR count). The molecule has 0 aliphatic heterocycles. The molecule has 3 N–H and O–H groups in total. The molecule has 1 atom stereocenters. The number of benzene rings is 1. The van der Waals surface area contributed by atoms with Crippen molar-refractivity contribution in [3.05, 3.63) is 23.8 Å².